The second kappa shape index (κ2) is 6.36. The lowest BCUT2D eigenvalue weighted by molar-refractivity contribution is -0.149. The number of fused-ring (bicyclic) bond motifs is 5. The zero-order chi connectivity index (χ0) is 19.3. The van der Waals surface area contributed by atoms with Crippen LogP contribution < -0.4 is 0 Å². The molecule has 1 saturated heterocycles. The van der Waals surface area contributed by atoms with Crippen molar-refractivity contribution in [3.8, 4) is 11.1 Å². The zero-order valence-electron chi connectivity index (χ0n) is 15.6. The van der Waals surface area contributed by atoms with Crippen molar-refractivity contribution in [3.05, 3.63) is 59.7 Å². The standard InChI is InChI=1S/C23H23NO4/c25-21(26)23-11-5-6-15(12-23)13-24(23)22(27)28-14-20-18-9-3-1-7-16(18)17-8-2-4-10-19(17)20/h1-4,7-10,15,20H,5-6,11-14H2,(H,25,26)/t15-,23+/m0/s1. The van der Waals surface area contributed by atoms with Crippen molar-refractivity contribution in [3.63, 3.8) is 0 Å². The van der Waals surface area contributed by atoms with Crippen LogP contribution in [0.4, 0.5) is 4.79 Å². The van der Waals surface area contributed by atoms with Gasteiger partial charge in [0.15, 0.2) is 0 Å². The highest BCUT2D eigenvalue weighted by Crippen LogP contribution is 2.46. The first-order valence-electron chi connectivity index (χ1n) is 9.96. The molecule has 2 aliphatic carbocycles. The van der Waals surface area contributed by atoms with Crippen LogP contribution in [0.3, 0.4) is 0 Å². The molecule has 5 heteroatoms. The Labute approximate surface area is 163 Å². The van der Waals surface area contributed by atoms with Gasteiger partial charge in [0.1, 0.15) is 12.1 Å². The van der Waals surface area contributed by atoms with Gasteiger partial charge in [0, 0.05) is 12.5 Å². The molecule has 2 bridgehead atoms. The van der Waals surface area contributed by atoms with Crippen molar-refractivity contribution in [2.45, 2.75) is 37.1 Å². The highest BCUT2D eigenvalue weighted by atomic mass is 16.6. The number of nitrogens with zero attached hydrogens (tertiary/aromatic N) is 1. The summed E-state index contributed by atoms with van der Waals surface area (Å²) in [5.74, 6) is -0.646. The van der Waals surface area contributed by atoms with Crippen LogP contribution >= 0.6 is 0 Å². The van der Waals surface area contributed by atoms with E-state index in [-0.39, 0.29) is 18.4 Å². The Morgan fingerprint density at radius 1 is 1.07 bits per heavy atom. The molecule has 3 aliphatic rings. The van der Waals surface area contributed by atoms with Crippen molar-refractivity contribution in [2.75, 3.05) is 13.2 Å². The van der Waals surface area contributed by atoms with E-state index in [4.69, 9.17) is 4.74 Å². The molecule has 1 aliphatic heterocycles. The van der Waals surface area contributed by atoms with Crippen LogP contribution in [0, 0.1) is 5.92 Å². The number of benzene rings is 2. The number of amides is 1. The van der Waals surface area contributed by atoms with Gasteiger partial charge in [-0.2, -0.15) is 0 Å². The molecule has 144 valence electrons. The number of likely N-dealkylation sites (tertiary alicyclic amines) is 1. The smallest absolute Gasteiger partial charge is 0.410 e. The summed E-state index contributed by atoms with van der Waals surface area (Å²) >= 11 is 0. The molecule has 1 amide bonds. The fraction of sp³-hybridized carbons (Fsp3) is 0.391. The van der Waals surface area contributed by atoms with Gasteiger partial charge in [-0.25, -0.2) is 9.59 Å². The van der Waals surface area contributed by atoms with Crippen LogP contribution in [-0.2, 0) is 9.53 Å². The number of carbonyl (C=O) groups is 2. The molecule has 1 heterocycles. The van der Waals surface area contributed by atoms with Crippen LogP contribution in [0.25, 0.3) is 11.1 Å². The van der Waals surface area contributed by atoms with Crippen LogP contribution in [-0.4, -0.2) is 40.8 Å². The second-order valence-corrected chi connectivity index (χ2v) is 8.21. The van der Waals surface area contributed by atoms with E-state index in [0.29, 0.717) is 19.4 Å². The lowest BCUT2D eigenvalue weighted by Gasteiger charge is -2.35. The summed E-state index contributed by atoms with van der Waals surface area (Å²) in [4.78, 5) is 26.4. The maximum absolute atomic E-state index is 12.9. The minimum Gasteiger partial charge on any atom is -0.479 e. The molecular weight excluding hydrogens is 354 g/mol. The Hall–Kier alpha value is -2.82. The van der Waals surface area contributed by atoms with E-state index >= 15 is 0 Å². The van der Waals surface area contributed by atoms with Gasteiger partial charge in [0.2, 0.25) is 0 Å². The van der Waals surface area contributed by atoms with E-state index in [9.17, 15) is 14.7 Å². The topological polar surface area (TPSA) is 66.8 Å². The summed E-state index contributed by atoms with van der Waals surface area (Å²) in [5, 5.41) is 9.83. The summed E-state index contributed by atoms with van der Waals surface area (Å²) in [7, 11) is 0. The fourth-order valence-electron chi connectivity index (χ4n) is 5.43. The Morgan fingerprint density at radius 2 is 1.71 bits per heavy atom. The number of carbonyl (C=O) groups excluding carboxylic acids is 1. The zero-order valence-corrected chi connectivity index (χ0v) is 15.6. The molecule has 0 unspecified atom stereocenters. The molecule has 5 rings (SSSR count). The first kappa shape index (κ1) is 17.3. The first-order chi connectivity index (χ1) is 13.6. The third-order valence-corrected chi connectivity index (χ3v) is 6.74. The van der Waals surface area contributed by atoms with Gasteiger partial charge < -0.3 is 9.84 Å². The largest absolute Gasteiger partial charge is 0.479 e. The van der Waals surface area contributed by atoms with Crippen molar-refractivity contribution in [1.82, 2.24) is 4.90 Å². The van der Waals surface area contributed by atoms with Crippen LogP contribution in [0.5, 0.6) is 0 Å². The van der Waals surface area contributed by atoms with Crippen LogP contribution in [0.1, 0.15) is 42.7 Å². The first-order valence-corrected chi connectivity index (χ1v) is 9.96. The molecule has 2 aromatic rings. The molecule has 0 radical (unpaired) electrons. The van der Waals surface area contributed by atoms with E-state index in [1.54, 1.807) is 0 Å². The molecule has 2 aromatic carbocycles. The van der Waals surface area contributed by atoms with Crippen LogP contribution in [0.15, 0.2) is 48.5 Å². The lowest BCUT2D eigenvalue weighted by atomic mass is 9.80. The number of hydrogen-bond donors (Lipinski definition) is 1. The van der Waals surface area contributed by atoms with Gasteiger partial charge in [-0.1, -0.05) is 55.0 Å². The van der Waals surface area contributed by atoms with E-state index in [0.717, 1.165) is 24.0 Å². The Morgan fingerprint density at radius 3 is 2.36 bits per heavy atom. The quantitative estimate of drug-likeness (QED) is 0.868. The predicted octanol–water partition coefficient (Wildman–Crippen LogP) is 4.26. The number of aliphatic carboxylic acids is 1. The molecule has 28 heavy (non-hydrogen) atoms. The highest BCUT2D eigenvalue weighted by molar-refractivity contribution is 5.85. The van der Waals surface area contributed by atoms with Gasteiger partial charge in [0.25, 0.3) is 0 Å². The average molecular weight is 377 g/mol. The third kappa shape index (κ3) is 2.45. The number of rotatable bonds is 3. The maximum atomic E-state index is 12.9. The summed E-state index contributed by atoms with van der Waals surface area (Å²) in [5.41, 5.74) is 3.59. The molecule has 5 nitrogen and oxygen atoms in total. The number of carboxylic acids is 1. The van der Waals surface area contributed by atoms with E-state index in [2.05, 4.69) is 24.3 Å². The van der Waals surface area contributed by atoms with Crippen molar-refractivity contribution < 1.29 is 19.4 Å². The Balaban J connectivity index is 1.38. The minimum absolute atomic E-state index is 0.0147. The monoisotopic (exact) mass is 377 g/mol. The summed E-state index contributed by atoms with van der Waals surface area (Å²) in [6, 6.07) is 16.4. The number of hydrogen-bond acceptors (Lipinski definition) is 3. The van der Waals surface area contributed by atoms with Gasteiger partial charge in [-0.15, -0.1) is 0 Å². The SMILES string of the molecule is O=C(OCC1c2ccccc2-c2ccccc21)N1C[C@H]2CCC[C@]1(C(=O)O)C2. The summed E-state index contributed by atoms with van der Waals surface area (Å²) in [6.45, 7) is 0.715. The van der Waals surface area contributed by atoms with Crippen LogP contribution in [0.2, 0.25) is 0 Å². The average Bonchev–Trinajstić information content (AvgIpc) is 3.18. The molecule has 0 spiro atoms. The molecule has 1 saturated carbocycles. The predicted molar refractivity (Wildman–Crippen MR) is 104 cm³/mol. The summed E-state index contributed by atoms with van der Waals surface area (Å²) in [6.07, 6.45) is 2.41. The van der Waals surface area contributed by atoms with Gasteiger partial charge in [-0.05, 0) is 47.4 Å². The van der Waals surface area contributed by atoms with Gasteiger partial charge in [0.05, 0.1) is 0 Å². The molecule has 2 fully saturated rings. The lowest BCUT2D eigenvalue weighted by Crippen LogP contribution is -2.53. The van der Waals surface area contributed by atoms with Gasteiger partial charge in [-0.3, -0.25) is 4.90 Å². The minimum atomic E-state index is -1.08. The second-order valence-electron chi connectivity index (χ2n) is 8.21. The van der Waals surface area contributed by atoms with E-state index in [1.165, 1.54) is 16.0 Å². The normalized spacial score (nSPS) is 25.3. The van der Waals surface area contributed by atoms with E-state index < -0.39 is 17.6 Å². The van der Waals surface area contributed by atoms with Crippen molar-refractivity contribution in [1.29, 1.82) is 0 Å². The maximum Gasteiger partial charge on any atom is 0.410 e. The van der Waals surface area contributed by atoms with E-state index in [1.807, 2.05) is 24.3 Å². The Kier molecular flexibility index (Phi) is 3.93. The molecule has 2 atom stereocenters. The van der Waals surface area contributed by atoms with Gasteiger partial charge >= 0.3 is 12.1 Å². The summed E-state index contributed by atoms with van der Waals surface area (Å²) < 4.78 is 5.73. The Bertz CT molecular complexity index is 910. The molecule has 0 aromatic heterocycles. The number of ether oxygens (including phenoxy) is 1. The molecule has 1 N–H and O–H groups in total. The number of carboxylic acid groups (broad SMARTS) is 1. The molecular formula is C23H23NO4. The van der Waals surface area contributed by atoms with Crippen molar-refractivity contribution >= 4 is 12.1 Å². The van der Waals surface area contributed by atoms with Crippen molar-refractivity contribution in [2.24, 2.45) is 5.92 Å². The highest BCUT2D eigenvalue weighted by Gasteiger charge is 2.56. The fourth-order valence-corrected chi connectivity index (χ4v) is 5.43. The third-order valence-electron chi connectivity index (χ3n) is 6.74.